The normalized spacial score (nSPS) is 16.4. The monoisotopic (exact) mass is 263 g/mol. The van der Waals surface area contributed by atoms with Gasteiger partial charge in [0, 0.05) is 24.8 Å². The third kappa shape index (κ3) is 3.10. The van der Waals surface area contributed by atoms with Crippen LogP contribution in [0.3, 0.4) is 0 Å². The molecule has 2 rings (SSSR count). The fraction of sp³-hybridized carbons (Fsp3) is 0.500. The zero-order chi connectivity index (χ0) is 14.0. The number of carbonyl (C=O) groups excluding carboxylic acids is 1. The van der Waals surface area contributed by atoms with Crippen molar-refractivity contribution in [2.24, 2.45) is 5.73 Å². The van der Waals surface area contributed by atoms with Crippen LogP contribution in [0.15, 0.2) is 12.1 Å². The zero-order valence-corrected chi connectivity index (χ0v) is 11.4. The number of rotatable bonds is 2. The lowest BCUT2D eigenvalue weighted by atomic mass is 10.0. The Hall–Kier alpha value is -1.91. The first-order valence-electron chi connectivity index (χ1n) is 6.58. The maximum atomic E-state index is 11.1. The van der Waals surface area contributed by atoms with Crippen LogP contribution in [-0.2, 0) is 0 Å². The molecule has 104 valence electrons. The largest absolute Gasteiger partial charge is 0.508 e. The Morgan fingerprint density at radius 2 is 1.95 bits per heavy atom. The molecule has 4 N–H and O–H groups in total. The first-order valence-corrected chi connectivity index (χ1v) is 6.58. The number of phenols is 1. The molecule has 1 aliphatic rings. The summed E-state index contributed by atoms with van der Waals surface area (Å²) in [7, 11) is 0. The molecule has 1 fully saturated rings. The Morgan fingerprint density at radius 3 is 2.53 bits per heavy atom. The van der Waals surface area contributed by atoms with Crippen molar-refractivity contribution in [3.63, 3.8) is 0 Å². The minimum absolute atomic E-state index is 0.326. The highest BCUT2D eigenvalue weighted by molar-refractivity contribution is 5.72. The minimum Gasteiger partial charge on any atom is -0.508 e. The Balaban J connectivity index is 1.99. The number of carbonyl (C=O) groups is 1. The van der Waals surface area contributed by atoms with Crippen molar-refractivity contribution in [3.8, 4) is 5.75 Å². The molecular weight excluding hydrogens is 242 g/mol. The van der Waals surface area contributed by atoms with E-state index in [1.807, 2.05) is 19.9 Å². The molecule has 2 amide bonds. The van der Waals surface area contributed by atoms with Gasteiger partial charge in [-0.25, -0.2) is 4.79 Å². The Labute approximate surface area is 113 Å². The van der Waals surface area contributed by atoms with Crippen molar-refractivity contribution in [2.45, 2.75) is 32.7 Å². The summed E-state index contributed by atoms with van der Waals surface area (Å²) in [6, 6.07) is 3.75. The highest BCUT2D eigenvalue weighted by Gasteiger charge is 2.21. The average Bonchev–Trinajstić information content (AvgIpc) is 2.36. The third-order valence-corrected chi connectivity index (χ3v) is 3.71. The summed E-state index contributed by atoms with van der Waals surface area (Å²) in [4.78, 5) is 12.7. The van der Waals surface area contributed by atoms with E-state index in [4.69, 9.17) is 5.73 Å². The molecule has 1 aromatic rings. The molecule has 1 aliphatic heterocycles. The van der Waals surface area contributed by atoms with E-state index < -0.39 is 0 Å². The lowest BCUT2D eigenvalue weighted by molar-refractivity contribution is 0.193. The van der Waals surface area contributed by atoms with Crippen LogP contribution in [0.5, 0.6) is 5.75 Å². The molecule has 1 heterocycles. The summed E-state index contributed by atoms with van der Waals surface area (Å²) in [5, 5.41) is 13.1. The van der Waals surface area contributed by atoms with Crippen molar-refractivity contribution in [3.05, 3.63) is 23.3 Å². The molecule has 0 bridgehead atoms. The van der Waals surface area contributed by atoms with Gasteiger partial charge in [-0.05, 0) is 49.9 Å². The zero-order valence-electron chi connectivity index (χ0n) is 11.4. The second-order valence-electron chi connectivity index (χ2n) is 5.20. The van der Waals surface area contributed by atoms with Gasteiger partial charge in [-0.1, -0.05) is 0 Å². The van der Waals surface area contributed by atoms with Crippen molar-refractivity contribution < 1.29 is 9.90 Å². The summed E-state index contributed by atoms with van der Waals surface area (Å²) >= 11 is 0. The van der Waals surface area contributed by atoms with Crippen LogP contribution in [0, 0.1) is 13.8 Å². The second-order valence-corrected chi connectivity index (χ2v) is 5.20. The molecule has 0 unspecified atom stereocenters. The number of benzene rings is 1. The Kier molecular flexibility index (Phi) is 3.83. The van der Waals surface area contributed by atoms with Gasteiger partial charge in [-0.2, -0.15) is 0 Å². The van der Waals surface area contributed by atoms with Crippen molar-refractivity contribution >= 4 is 11.7 Å². The molecule has 5 nitrogen and oxygen atoms in total. The van der Waals surface area contributed by atoms with Crippen LogP contribution in [-0.4, -0.2) is 35.2 Å². The van der Waals surface area contributed by atoms with Crippen LogP contribution >= 0.6 is 0 Å². The number of amides is 2. The van der Waals surface area contributed by atoms with Gasteiger partial charge in [-0.15, -0.1) is 0 Å². The van der Waals surface area contributed by atoms with E-state index >= 15 is 0 Å². The third-order valence-electron chi connectivity index (χ3n) is 3.71. The van der Waals surface area contributed by atoms with Crippen molar-refractivity contribution in [1.82, 2.24) is 4.90 Å². The van der Waals surface area contributed by atoms with Crippen LogP contribution in [0.25, 0.3) is 0 Å². The summed E-state index contributed by atoms with van der Waals surface area (Å²) in [6.45, 7) is 5.25. The molecule has 0 aliphatic carbocycles. The quantitative estimate of drug-likeness (QED) is 0.714. The number of piperidine rings is 1. The van der Waals surface area contributed by atoms with Crippen molar-refractivity contribution in [1.29, 1.82) is 0 Å². The molecule has 1 saturated heterocycles. The van der Waals surface area contributed by atoms with Crippen LogP contribution < -0.4 is 11.1 Å². The number of likely N-dealkylation sites (tertiary alicyclic amines) is 1. The molecule has 0 spiro atoms. The summed E-state index contributed by atoms with van der Waals surface area (Å²) in [5.74, 6) is 0.326. The van der Waals surface area contributed by atoms with E-state index in [0.29, 0.717) is 24.9 Å². The highest BCUT2D eigenvalue weighted by atomic mass is 16.3. The van der Waals surface area contributed by atoms with Crippen LogP contribution in [0.1, 0.15) is 24.0 Å². The van der Waals surface area contributed by atoms with Gasteiger partial charge >= 0.3 is 6.03 Å². The van der Waals surface area contributed by atoms with Gasteiger partial charge in [0.25, 0.3) is 0 Å². The predicted molar refractivity (Wildman–Crippen MR) is 75.4 cm³/mol. The molecule has 0 aromatic heterocycles. The topological polar surface area (TPSA) is 78.6 Å². The number of nitrogens with two attached hydrogens (primary N) is 1. The van der Waals surface area contributed by atoms with Gasteiger partial charge in [-0.3, -0.25) is 0 Å². The number of urea groups is 1. The van der Waals surface area contributed by atoms with Gasteiger partial charge in [0.15, 0.2) is 0 Å². The number of hydrogen-bond acceptors (Lipinski definition) is 3. The van der Waals surface area contributed by atoms with E-state index in [1.165, 1.54) is 0 Å². The number of phenolic OH excluding ortho intramolecular Hbond substituents is 1. The number of hydrogen-bond donors (Lipinski definition) is 3. The Bertz CT molecular complexity index is 480. The van der Waals surface area contributed by atoms with Gasteiger partial charge < -0.3 is 21.1 Å². The lowest BCUT2D eigenvalue weighted by Gasteiger charge is -2.32. The number of nitrogens with one attached hydrogen (secondary N) is 1. The van der Waals surface area contributed by atoms with Crippen LogP contribution in [0.4, 0.5) is 10.5 Å². The minimum atomic E-state index is -0.338. The van der Waals surface area contributed by atoms with E-state index in [9.17, 15) is 9.90 Å². The van der Waals surface area contributed by atoms with Gasteiger partial charge in [0.05, 0.1) is 0 Å². The van der Waals surface area contributed by atoms with E-state index in [-0.39, 0.29) is 6.03 Å². The molecule has 0 saturated carbocycles. The number of nitrogens with zero attached hydrogens (tertiary/aromatic N) is 1. The van der Waals surface area contributed by atoms with E-state index in [2.05, 4.69) is 5.32 Å². The summed E-state index contributed by atoms with van der Waals surface area (Å²) in [5.41, 5.74) is 8.21. The number of anilines is 1. The van der Waals surface area contributed by atoms with E-state index in [1.54, 1.807) is 11.0 Å². The Morgan fingerprint density at radius 1 is 1.32 bits per heavy atom. The second kappa shape index (κ2) is 5.38. The fourth-order valence-corrected chi connectivity index (χ4v) is 2.42. The maximum Gasteiger partial charge on any atom is 0.314 e. The molecule has 1 aromatic carbocycles. The number of aromatic hydroxyl groups is 1. The SMILES string of the molecule is Cc1cc(NC2CCN(C(N)=O)CC2)c(C)cc1O. The van der Waals surface area contributed by atoms with E-state index in [0.717, 1.165) is 29.7 Å². The highest BCUT2D eigenvalue weighted by Crippen LogP contribution is 2.26. The summed E-state index contributed by atoms with van der Waals surface area (Å²) < 4.78 is 0. The molecule has 0 atom stereocenters. The lowest BCUT2D eigenvalue weighted by Crippen LogP contribution is -2.44. The van der Waals surface area contributed by atoms with Gasteiger partial charge in [0.1, 0.15) is 5.75 Å². The average molecular weight is 263 g/mol. The van der Waals surface area contributed by atoms with Crippen LogP contribution in [0.2, 0.25) is 0 Å². The molecular formula is C14H21N3O2. The molecule has 5 heteroatoms. The van der Waals surface area contributed by atoms with Gasteiger partial charge in [0.2, 0.25) is 0 Å². The maximum absolute atomic E-state index is 11.1. The summed E-state index contributed by atoms with van der Waals surface area (Å²) in [6.07, 6.45) is 1.78. The molecule has 0 radical (unpaired) electrons. The predicted octanol–water partition coefficient (Wildman–Crippen LogP) is 1.96. The molecule has 19 heavy (non-hydrogen) atoms. The first-order chi connectivity index (χ1) is 8.97. The first kappa shape index (κ1) is 13.5. The fourth-order valence-electron chi connectivity index (χ4n) is 2.42. The van der Waals surface area contributed by atoms with Crippen molar-refractivity contribution in [2.75, 3.05) is 18.4 Å². The smallest absolute Gasteiger partial charge is 0.314 e. The number of primary amides is 1. The standard InChI is InChI=1S/C14H21N3O2/c1-9-8-13(18)10(2)7-12(9)16-11-3-5-17(6-4-11)14(15)19/h7-8,11,16,18H,3-6H2,1-2H3,(H2,15,19). The number of aryl methyl sites for hydroxylation is 2.